The Bertz CT molecular complexity index is 547. The zero-order chi connectivity index (χ0) is 15.5. The third kappa shape index (κ3) is 3.64. The predicted octanol–water partition coefficient (Wildman–Crippen LogP) is 1.57. The van der Waals surface area contributed by atoms with Crippen LogP contribution in [0.15, 0.2) is 17.6 Å². The normalized spacial score (nSPS) is 23.6. The first-order valence-corrected chi connectivity index (χ1v) is 9.22. The molecule has 21 heavy (non-hydrogen) atoms. The van der Waals surface area contributed by atoms with Gasteiger partial charge in [0.15, 0.2) is 5.03 Å². The Hall–Kier alpha value is -0.920. The van der Waals surface area contributed by atoms with Gasteiger partial charge in [-0.3, -0.25) is 0 Å². The average Bonchev–Trinajstić information content (AvgIpc) is 2.95. The number of imidazole rings is 1. The second kappa shape index (κ2) is 6.89. The monoisotopic (exact) mass is 314 g/mol. The van der Waals surface area contributed by atoms with Gasteiger partial charge in [-0.15, -0.1) is 0 Å². The van der Waals surface area contributed by atoms with Crippen molar-refractivity contribution in [3.05, 3.63) is 12.5 Å². The highest BCUT2D eigenvalue weighted by Crippen LogP contribution is 2.27. The highest BCUT2D eigenvalue weighted by atomic mass is 32.2. The number of rotatable bonds is 6. The van der Waals surface area contributed by atoms with Crippen LogP contribution in [0, 0.1) is 0 Å². The molecule has 1 aromatic rings. The summed E-state index contributed by atoms with van der Waals surface area (Å²) in [6, 6.07) is 0.272. The molecule has 0 aliphatic heterocycles. The van der Waals surface area contributed by atoms with E-state index in [1.165, 1.54) is 0 Å². The molecule has 0 spiro atoms. The standard InChI is InChI=1S/C14H26N4O2S/c1-3-9-18(13-7-5-12(15)6-8-13)21(19,20)14-10-17(4-2)11-16-14/h10-13H,3-9,15H2,1-2H3. The van der Waals surface area contributed by atoms with Crippen molar-refractivity contribution in [3.8, 4) is 0 Å². The predicted molar refractivity (Wildman–Crippen MR) is 82.3 cm³/mol. The Morgan fingerprint density at radius 2 is 2.00 bits per heavy atom. The lowest BCUT2D eigenvalue weighted by atomic mass is 9.92. The summed E-state index contributed by atoms with van der Waals surface area (Å²) in [5.74, 6) is 0. The summed E-state index contributed by atoms with van der Waals surface area (Å²) in [5.41, 5.74) is 5.93. The van der Waals surface area contributed by atoms with Crippen molar-refractivity contribution in [2.45, 2.75) is 69.6 Å². The summed E-state index contributed by atoms with van der Waals surface area (Å²) in [7, 11) is -3.51. The summed E-state index contributed by atoms with van der Waals surface area (Å²) in [4.78, 5) is 4.08. The molecule has 0 radical (unpaired) electrons. The van der Waals surface area contributed by atoms with Crippen LogP contribution in [0.2, 0.25) is 0 Å². The van der Waals surface area contributed by atoms with Crippen LogP contribution in [0.25, 0.3) is 0 Å². The van der Waals surface area contributed by atoms with Crippen LogP contribution in [0.3, 0.4) is 0 Å². The highest BCUT2D eigenvalue weighted by molar-refractivity contribution is 7.89. The molecular weight excluding hydrogens is 288 g/mol. The van der Waals surface area contributed by atoms with Crippen molar-refractivity contribution >= 4 is 10.0 Å². The zero-order valence-electron chi connectivity index (χ0n) is 12.9. The molecule has 7 heteroatoms. The lowest BCUT2D eigenvalue weighted by Gasteiger charge is -2.34. The van der Waals surface area contributed by atoms with E-state index in [0.29, 0.717) is 13.1 Å². The summed E-state index contributed by atoms with van der Waals surface area (Å²) < 4.78 is 29.1. The van der Waals surface area contributed by atoms with Crippen molar-refractivity contribution in [1.29, 1.82) is 0 Å². The molecule has 1 aromatic heterocycles. The molecule has 0 bridgehead atoms. The van der Waals surface area contributed by atoms with Crippen LogP contribution in [0.1, 0.15) is 46.0 Å². The van der Waals surface area contributed by atoms with Gasteiger partial charge in [0.1, 0.15) is 0 Å². The van der Waals surface area contributed by atoms with E-state index in [2.05, 4.69) is 4.98 Å². The summed E-state index contributed by atoms with van der Waals surface area (Å²) in [6.45, 7) is 5.22. The van der Waals surface area contributed by atoms with Gasteiger partial charge in [0.2, 0.25) is 0 Å². The molecule has 1 aliphatic carbocycles. The van der Waals surface area contributed by atoms with E-state index in [1.54, 1.807) is 21.4 Å². The Morgan fingerprint density at radius 3 is 2.52 bits per heavy atom. The first-order valence-electron chi connectivity index (χ1n) is 7.78. The molecule has 0 aromatic carbocycles. The SMILES string of the molecule is CCCN(C1CCC(N)CC1)S(=O)(=O)c1cn(CC)cn1. The molecule has 1 heterocycles. The van der Waals surface area contributed by atoms with E-state index in [-0.39, 0.29) is 17.1 Å². The maximum absolute atomic E-state index is 12.9. The Balaban J connectivity index is 2.23. The minimum absolute atomic E-state index is 0.0570. The first-order chi connectivity index (χ1) is 9.98. The fourth-order valence-electron chi connectivity index (χ4n) is 2.87. The number of nitrogens with two attached hydrogens (primary N) is 1. The van der Waals surface area contributed by atoms with Gasteiger partial charge in [-0.25, -0.2) is 13.4 Å². The number of aromatic nitrogens is 2. The van der Waals surface area contributed by atoms with Gasteiger partial charge < -0.3 is 10.3 Å². The smallest absolute Gasteiger partial charge is 0.262 e. The molecule has 6 nitrogen and oxygen atoms in total. The largest absolute Gasteiger partial charge is 0.336 e. The molecule has 0 unspecified atom stereocenters. The van der Waals surface area contributed by atoms with Gasteiger partial charge in [0, 0.05) is 31.4 Å². The number of hydrogen-bond acceptors (Lipinski definition) is 4. The average molecular weight is 314 g/mol. The van der Waals surface area contributed by atoms with Gasteiger partial charge in [0.25, 0.3) is 10.0 Å². The van der Waals surface area contributed by atoms with E-state index in [0.717, 1.165) is 32.1 Å². The van der Waals surface area contributed by atoms with Crippen LogP contribution >= 0.6 is 0 Å². The third-order valence-electron chi connectivity index (χ3n) is 4.14. The van der Waals surface area contributed by atoms with Crippen LogP contribution < -0.4 is 5.73 Å². The number of sulfonamides is 1. The molecule has 1 fully saturated rings. The fourth-order valence-corrected chi connectivity index (χ4v) is 4.59. The quantitative estimate of drug-likeness (QED) is 0.864. The molecular formula is C14H26N4O2S. The van der Waals surface area contributed by atoms with Gasteiger partial charge in [-0.05, 0) is 39.0 Å². The van der Waals surface area contributed by atoms with E-state index in [1.807, 2.05) is 13.8 Å². The van der Waals surface area contributed by atoms with Crippen molar-refractivity contribution in [3.63, 3.8) is 0 Å². The second-order valence-electron chi connectivity index (χ2n) is 5.73. The lowest BCUT2D eigenvalue weighted by Crippen LogP contribution is -2.44. The Morgan fingerprint density at radius 1 is 1.33 bits per heavy atom. The summed E-state index contributed by atoms with van der Waals surface area (Å²) >= 11 is 0. The topological polar surface area (TPSA) is 81.2 Å². The number of hydrogen-bond donors (Lipinski definition) is 1. The molecule has 2 rings (SSSR count). The van der Waals surface area contributed by atoms with Crippen molar-refractivity contribution in [2.75, 3.05) is 6.54 Å². The maximum Gasteiger partial charge on any atom is 0.262 e. The molecule has 2 N–H and O–H groups in total. The maximum atomic E-state index is 12.9. The number of aryl methyl sites for hydroxylation is 1. The Kier molecular flexibility index (Phi) is 5.40. The van der Waals surface area contributed by atoms with Crippen LogP contribution in [-0.2, 0) is 16.6 Å². The van der Waals surface area contributed by atoms with E-state index in [4.69, 9.17) is 5.73 Å². The first kappa shape index (κ1) is 16.5. The minimum atomic E-state index is -3.51. The van der Waals surface area contributed by atoms with Gasteiger partial charge in [-0.2, -0.15) is 4.31 Å². The van der Waals surface area contributed by atoms with Crippen LogP contribution in [0.4, 0.5) is 0 Å². The fraction of sp³-hybridized carbons (Fsp3) is 0.786. The van der Waals surface area contributed by atoms with Crippen molar-refractivity contribution in [1.82, 2.24) is 13.9 Å². The van der Waals surface area contributed by atoms with Crippen LogP contribution in [0.5, 0.6) is 0 Å². The number of nitrogens with zero attached hydrogens (tertiary/aromatic N) is 3. The van der Waals surface area contributed by atoms with Crippen molar-refractivity contribution in [2.24, 2.45) is 5.73 Å². The molecule has 0 saturated heterocycles. The van der Waals surface area contributed by atoms with E-state index < -0.39 is 10.0 Å². The van der Waals surface area contributed by atoms with Gasteiger partial charge in [-0.1, -0.05) is 6.92 Å². The summed E-state index contributed by atoms with van der Waals surface area (Å²) in [6.07, 6.45) is 7.47. The molecule has 0 atom stereocenters. The Labute approximate surface area is 127 Å². The molecule has 1 aliphatic rings. The molecule has 1 saturated carbocycles. The van der Waals surface area contributed by atoms with E-state index >= 15 is 0 Å². The lowest BCUT2D eigenvalue weighted by molar-refractivity contribution is 0.240. The van der Waals surface area contributed by atoms with Crippen molar-refractivity contribution < 1.29 is 8.42 Å². The van der Waals surface area contributed by atoms with E-state index in [9.17, 15) is 8.42 Å². The molecule has 0 amide bonds. The highest BCUT2D eigenvalue weighted by Gasteiger charge is 2.34. The second-order valence-corrected chi connectivity index (χ2v) is 7.56. The molecule has 120 valence electrons. The van der Waals surface area contributed by atoms with Gasteiger partial charge in [0.05, 0.1) is 6.33 Å². The van der Waals surface area contributed by atoms with Crippen LogP contribution in [-0.4, -0.2) is 40.9 Å². The minimum Gasteiger partial charge on any atom is -0.336 e. The third-order valence-corrected chi connectivity index (χ3v) is 5.98. The summed E-state index contributed by atoms with van der Waals surface area (Å²) in [5, 5.41) is 0.160. The zero-order valence-corrected chi connectivity index (χ0v) is 13.7. The van der Waals surface area contributed by atoms with Gasteiger partial charge >= 0.3 is 0 Å².